The van der Waals surface area contributed by atoms with Crippen molar-refractivity contribution >= 4 is 22.7 Å². The van der Waals surface area contributed by atoms with Crippen LogP contribution >= 0.6 is 11.8 Å². The average molecular weight is 426 g/mol. The van der Waals surface area contributed by atoms with Crippen molar-refractivity contribution in [2.75, 3.05) is 0 Å². The number of aromatic nitrogens is 3. The molecule has 2 aromatic heterocycles. The van der Waals surface area contributed by atoms with Crippen molar-refractivity contribution < 1.29 is 4.42 Å². The number of nitrogens with zero attached hydrogens (tertiary/aromatic N) is 3. The second-order valence-corrected chi connectivity index (χ2v) is 8.01. The van der Waals surface area contributed by atoms with E-state index in [1.807, 2.05) is 78.9 Å². The van der Waals surface area contributed by atoms with Crippen LogP contribution in [0.25, 0.3) is 33.5 Å². The highest BCUT2D eigenvalue weighted by Crippen LogP contribution is 2.36. The lowest BCUT2D eigenvalue weighted by molar-refractivity contribution is 0.466. The fraction of sp³-hybridized carbons (Fsp3) is 0.0800. The first-order valence-corrected chi connectivity index (χ1v) is 10.9. The van der Waals surface area contributed by atoms with Gasteiger partial charge >= 0.3 is 0 Å². The van der Waals surface area contributed by atoms with E-state index in [2.05, 4.69) is 4.98 Å². The predicted molar refractivity (Wildman–Crippen MR) is 124 cm³/mol. The number of fused-ring (bicyclic) bond motifs is 1. The number of oxazole rings is 1. The molecule has 5 aromatic rings. The first-order chi connectivity index (χ1) is 15.2. The highest BCUT2D eigenvalue weighted by atomic mass is 32.2. The van der Waals surface area contributed by atoms with E-state index in [4.69, 9.17) is 9.40 Å². The predicted octanol–water partition coefficient (Wildman–Crippen LogP) is 5.55. The molecule has 31 heavy (non-hydrogen) atoms. The summed E-state index contributed by atoms with van der Waals surface area (Å²) in [6.07, 6.45) is 0. The van der Waals surface area contributed by atoms with E-state index in [0.717, 1.165) is 22.6 Å². The highest BCUT2D eigenvalue weighted by Gasteiger charge is 2.18. The number of hydrogen-bond acceptors (Lipinski definition) is 5. The maximum absolute atomic E-state index is 12.7. The van der Waals surface area contributed by atoms with Gasteiger partial charge in [-0.1, -0.05) is 84.6 Å². The molecule has 0 saturated carbocycles. The van der Waals surface area contributed by atoms with E-state index in [-0.39, 0.29) is 5.56 Å². The van der Waals surface area contributed by atoms with Crippen molar-refractivity contribution in [1.82, 2.24) is 14.5 Å². The van der Waals surface area contributed by atoms with Crippen LogP contribution in [0.4, 0.5) is 0 Å². The Labute approximate surface area is 183 Å². The van der Waals surface area contributed by atoms with Gasteiger partial charge in [-0.05, 0) is 12.1 Å². The minimum Gasteiger partial charge on any atom is -0.431 e. The molecule has 0 amide bonds. The van der Waals surface area contributed by atoms with Crippen molar-refractivity contribution in [1.29, 1.82) is 0 Å². The molecule has 0 N–H and O–H groups in total. The van der Waals surface area contributed by atoms with Gasteiger partial charge in [-0.2, -0.15) is 0 Å². The van der Waals surface area contributed by atoms with E-state index in [9.17, 15) is 4.79 Å². The van der Waals surface area contributed by atoms with Crippen molar-refractivity contribution in [2.24, 2.45) is 7.05 Å². The van der Waals surface area contributed by atoms with Gasteiger partial charge in [0.2, 0.25) is 0 Å². The maximum Gasteiger partial charge on any atom is 0.261 e. The van der Waals surface area contributed by atoms with Gasteiger partial charge in [-0.25, -0.2) is 9.97 Å². The molecule has 0 saturated heterocycles. The van der Waals surface area contributed by atoms with Gasteiger partial charge in [0, 0.05) is 18.2 Å². The van der Waals surface area contributed by atoms with E-state index in [1.165, 1.54) is 11.8 Å². The maximum atomic E-state index is 12.7. The van der Waals surface area contributed by atoms with Crippen LogP contribution in [0.1, 0.15) is 5.82 Å². The molecule has 0 atom stereocenters. The van der Waals surface area contributed by atoms with Crippen LogP contribution in [-0.4, -0.2) is 14.5 Å². The van der Waals surface area contributed by atoms with E-state index >= 15 is 0 Å². The van der Waals surface area contributed by atoms with Gasteiger partial charge in [0.25, 0.3) is 10.8 Å². The Kier molecular flexibility index (Phi) is 5.14. The van der Waals surface area contributed by atoms with Crippen LogP contribution in [0.3, 0.4) is 0 Å². The van der Waals surface area contributed by atoms with Gasteiger partial charge in [-0.15, -0.1) is 0 Å². The number of para-hydroxylation sites is 1. The molecule has 5 nitrogen and oxygen atoms in total. The summed E-state index contributed by atoms with van der Waals surface area (Å²) in [5.74, 6) is 1.88. The van der Waals surface area contributed by atoms with E-state index in [0.29, 0.717) is 27.7 Å². The Balaban J connectivity index is 1.51. The van der Waals surface area contributed by atoms with Crippen LogP contribution in [0.15, 0.2) is 99.4 Å². The van der Waals surface area contributed by atoms with Gasteiger partial charge in [-0.3, -0.25) is 9.36 Å². The van der Waals surface area contributed by atoms with Crippen molar-refractivity contribution in [2.45, 2.75) is 11.0 Å². The summed E-state index contributed by atoms with van der Waals surface area (Å²) in [5.41, 5.74) is 3.41. The lowest BCUT2D eigenvalue weighted by Gasteiger charge is -2.07. The molecule has 5 rings (SSSR count). The lowest BCUT2D eigenvalue weighted by atomic mass is 10.1. The number of hydrogen-bond donors (Lipinski definition) is 0. The Morgan fingerprint density at radius 1 is 0.839 bits per heavy atom. The summed E-state index contributed by atoms with van der Waals surface area (Å²) >= 11 is 1.43. The monoisotopic (exact) mass is 425 g/mol. The Hall–Kier alpha value is -3.64. The zero-order valence-electron chi connectivity index (χ0n) is 16.9. The fourth-order valence-corrected chi connectivity index (χ4v) is 4.27. The Morgan fingerprint density at radius 2 is 1.48 bits per heavy atom. The molecule has 0 bridgehead atoms. The standard InChI is InChI=1S/C25H19N3O2S/c1-28-21(26-20-15-9-8-14-19(20)24(28)29)16-31-25-27-22(17-10-4-2-5-11-17)23(30-25)18-12-6-3-7-13-18/h2-15H,16H2,1H3. The summed E-state index contributed by atoms with van der Waals surface area (Å²) in [6.45, 7) is 0. The van der Waals surface area contributed by atoms with Crippen molar-refractivity contribution in [3.63, 3.8) is 0 Å². The highest BCUT2D eigenvalue weighted by molar-refractivity contribution is 7.98. The molecular formula is C25H19N3O2S. The zero-order chi connectivity index (χ0) is 21.2. The molecule has 0 aliphatic rings. The zero-order valence-corrected chi connectivity index (χ0v) is 17.7. The first kappa shape index (κ1) is 19.3. The van der Waals surface area contributed by atoms with Gasteiger partial charge in [0.15, 0.2) is 5.76 Å². The molecule has 152 valence electrons. The molecule has 0 spiro atoms. The Morgan fingerprint density at radius 3 is 2.23 bits per heavy atom. The van der Waals surface area contributed by atoms with E-state index in [1.54, 1.807) is 17.7 Å². The third kappa shape index (κ3) is 3.78. The second-order valence-electron chi connectivity index (χ2n) is 7.09. The first-order valence-electron chi connectivity index (χ1n) is 9.90. The van der Waals surface area contributed by atoms with Crippen molar-refractivity contribution in [3.05, 3.63) is 101 Å². The molecule has 0 aliphatic carbocycles. The van der Waals surface area contributed by atoms with Crippen LogP contribution in [0.5, 0.6) is 0 Å². The molecule has 2 heterocycles. The van der Waals surface area contributed by atoms with Crippen LogP contribution < -0.4 is 5.56 Å². The minimum absolute atomic E-state index is 0.0523. The molecule has 0 fully saturated rings. The molecule has 0 aliphatic heterocycles. The average Bonchev–Trinajstić information content (AvgIpc) is 3.26. The minimum atomic E-state index is -0.0523. The smallest absolute Gasteiger partial charge is 0.261 e. The van der Waals surface area contributed by atoms with Gasteiger partial charge in [0.05, 0.1) is 16.7 Å². The fourth-order valence-electron chi connectivity index (χ4n) is 3.46. The topological polar surface area (TPSA) is 60.9 Å². The summed E-state index contributed by atoms with van der Waals surface area (Å²) < 4.78 is 7.76. The summed E-state index contributed by atoms with van der Waals surface area (Å²) in [6, 6.07) is 27.3. The quantitative estimate of drug-likeness (QED) is 0.346. The molecule has 0 radical (unpaired) electrons. The normalized spacial score (nSPS) is 11.1. The summed E-state index contributed by atoms with van der Waals surface area (Å²) in [7, 11) is 1.75. The van der Waals surface area contributed by atoms with Gasteiger partial charge in [0.1, 0.15) is 11.5 Å². The molecule has 6 heteroatoms. The third-order valence-corrected chi connectivity index (χ3v) is 5.92. The number of rotatable bonds is 5. The van der Waals surface area contributed by atoms with Crippen LogP contribution in [0, 0.1) is 0 Å². The second kappa shape index (κ2) is 8.24. The number of benzene rings is 3. The Bertz CT molecular complexity index is 1350. The summed E-state index contributed by atoms with van der Waals surface area (Å²) in [4.78, 5) is 22.1. The van der Waals surface area contributed by atoms with Crippen LogP contribution in [-0.2, 0) is 12.8 Å². The van der Waals surface area contributed by atoms with Crippen LogP contribution in [0.2, 0.25) is 0 Å². The number of thioether (sulfide) groups is 1. The molecule has 3 aromatic carbocycles. The summed E-state index contributed by atoms with van der Waals surface area (Å²) in [5, 5.41) is 1.16. The largest absolute Gasteiger partial charge is 0.431 e. The molecule has 0 unspecified atom stereocenters. The van der Waals surface area contributed by atoms with Gasteiger partial charge < -0.3 is 4.42 Å². The molecular weight excluding hydrogens is 406 g/mol. The van der Waals surface area contributed by atoms with E-state index < -0.39 is 0 Å². The van der Waals surface area contributed by atoms with Crippen molar-refractivity contribution in [3.8, 4) is 22.6 Å². The lowest BCUT2D eigenvalue weighted by Crippen LogP contribution is -2.21. The third-order valence-electron chi connectivity index (χ3n) is 5.09. The SMILES string of the molecule is Cn1c(CSc2nc(-c3ccccc3)c(-c3ccccc3)o2)nc2ccccc2c1=O.